The molecule has 1 aromatic carbocycles. The number of carbonyl (C=O) groups excluding carboxylic acids is 2. The second-order valence-electron chi connectivity index (χ2n) is 9.59. The van der Waals surface area contributed by atoms with E-state index >= 15 is 0 Å². The summed E-state index contributed by atoms with van der Waals surface area (Å²) >= 11 is 1.59. The fourth-order valence-electron chi connectivity index (χ4n) is 4.85. The van der Waals surface area contributed by atoms with E-state index in [1.807, 2.05) is 32.0 Å². The molecule has 1 saturated heterocycles. The Hall–Kier alpha value is -2.73. The molecule has 1 aromatic heterocycles. The highest BCUT2D eigenvalue weighted by Gasteiger charge is 2.22. The van der Waals surface area contributed by atoms with E-state index in [2.05, 4.69) is 26.5 Å². The number of hydrogen-bond donors (Lipinski definition) is 2. The van der Waals surface area contributed by atoms with Crippen LogP contribution in [-0.4, -0.2) is 60.9 Å². The van der Waals surface area contributed by atoms with Gasteiger partial charge in [-0.25, -0.2) is 0 Å². The van der Waals surface area contributed by atoms with Crippen LogP contribution in [0.1, 0.15) is 52.8 Å². The van der Waals surface area contributed by atoms with Gasteiger partial charge in [-0.3, -0.25) is 14.5 Å². The molecule has 0 saturated carbocycles. The average Bonchev–Trinajstić information content (AvgIpc) is 3.00. The van der Waals surface area contributed by atoms with E-state index in [9.17, 15) is 14.9 Å². The van der Waals surface area contributed by atoms with Crippen molar-refractivity contribution in [3.05, 3.63) is 45.3 Å². The zero-order valence-corrected chi connectivity index (χ0v) is 21.6. The van der Waals surface area contributed by atoms with E-state index in [-0.39, 0.29) is 11.8 Å². The van der Waals surface area contributed by atoms with Crippen LogP contribution in [0.5, 0.6) is 0 Å². The second kappa shape index (κ2) is 11.8. The van der Waals surface area contributed by atoms with Gasteiger partial charge >= 0.3 is 0 Å². The number of benzene rings is 1. The van der Waals surface area contributed by atoms with Gasteiger partial charge in [0.2, 0.25) is 11.8 Å². The molecule has 1 aliphatic heterocycles. The van der Waals surface area contributed by atoms with Crippen LogP contribution in [0.15, 0.2) is 18.2 Å². The van der Waals surface area contributed by atoms with E-state index in [0.717, 1.165) is 73.7 Å². The number of nitrogens with zero attached hydrogens (tertiary/aromatic N) is 3. The van der Waals surface area contributed by atoms with Crippen molar-refractivity contribution in [2.75, 3.05) is 49.9 Å². The third-order valence-corrected chi connectivity index (χ3v) is 8.36. The molecule has 2 heterocycles. The molecule has 2 amide bonds. The SMILES string of the molecule is Cc1cccc(NC(=O)CN2CCN(CCC(=O)Nc3sc4c(c3C#N)CCCCC4)CC2)c1C. The van der Waals surface area contributed by atoms with Gasteiger partial charge in [-0.2, -0.15) is 5.26 Å². The van der Waals surface area contributed by atoms with Crippen molar-refractivity contribution in [3.8, 4) is 6.07 Å². The van der Waals surface area contributed by atoms with Crippen LogP contribution in [0, 0.1) is 25.2 Å². The maximum absolute atomic E-state index is 12.6. The van der Waals surface area contributed by atoms with Gasteiger partial charge in [0.15, 0.2) is 0 Å². The summed E-state index contributed by atoms with van der Waals surface area (Å²) in [6, 6.07) is 8.27. The Bertz CT molecular complexity index is 1110. The summed E-state index contributed by atoms with van der Waals surface area (Å²) < 4.78 is 0. The van der Waals surface area contributed by atoms with E-state index < -0.39 is 0 Å². The topological polar surface area (TPSA) is 88.5 Å². The molecule has 2 aromatic rings. The Labute approximate surface area is 212 Å². The molecule has 1 fully saturated rings. The zero-order valence-electron chi connectivity index (χ0n) is 20.8. The van der Waals surface area contributed by atoms with Gasteiger partial charge in [-0.05, 0) is 62.3 Å². The van der Waals surface area contributed by atoms with E-state index in [1.165, 1.54) is 16.9 Å². The molecule has 0 unspecified atom stereocenters. The second-order valence-corrected chi connectivity index (χ2v) is 10.7. The van der Waals surface area contributed by atoms with Crippen LogP contribution in [0.25, 0.3) is 0 Å². The Morgan fingerprint density at radius 1 is 1.00 bits per heavy atom. The number of thiophene rings is 1. The zero-order chi connectivity index (χ0) is 24.8. The minimum absolute atomic E-state index is 0.00849. The van der Waals surface area contributed by atoms with E-state index in [0.29, 0.717) is 25.1 Å². The predicted octanol–water partition coefficient (Wildman–Crippen LogP) is 4.09. The molecule has 4 rings (SSSR count). The monoisotopic (exact) mass is 493 g/mol. The van der Waals surface area contributed by atoms with Crippen molar-refractivity contribution in [2.45, 2.75) is 52.4 Å². The fourth-order valence-corrected chi connectivity index (χ4v) is 6.10. The van der Waals surface area contributed by atoms with Crippen LogP contribution in [0.3, 0.4) is 0 Å². The molecule has 2 aliphatic rings. The first kappa shape index (κ1) is 25.4. The summed E-state index contributed by atoms with van der Waals surface area (Å²) in [5.74, 6) is -0.0255. The van der Waals surface area contributed by atoms with Crippen LogP contribution in [-0.2, 0) is 22.4 Å². The third-order valence-electron chi connectivity index (χ3n) is 7.15. The molecule has 186 valence electrons. The lowest BCUT2D eigenvalue weighted by Gasteiger charge is -2.34. The highest BCUT2D eigenvalue weighted by Crippen LogP contribution is 2.37. The Morgan fingerprint density at radius 3 is 2.51 bits per heavy atom. The van der Waals surface area contributed by atoms with Crippen LogP contribution >= 0.6 is 11.3 Å². The van der Waals surface area contributed by atoms with Gasteiger partial charge in [-0.15, -0.1) is 11.3 Å². The van der Waals surface area contributed by atoms with Crippen LogP contribution < -0.4 is 10.6 Å². The lowest BCUT2D eigenvalue weighted by atomic mass is 10.1. The molecule has 0 spiro atoms. The summed E-state index contributed by atoms with van der Waals surface area (Å²) in [5, 5.41) is 16.4. The van der Waals surface area contributed by atoms with Gasteiger partial charge in [0.05, 0.1) is 12.1 Å². The number of fused-ring (bicyclic) bond motifs is 1. The fraction of sp³-hybridized carbons (Fsp3) is 0.519. The number of aryl methyl sites for hydroxylation is 2. The number of nitrogens with one attached hydrogen (secondary N) is 2. The number of piperazine rings is 1. The highest BCUT2D eigenvalue weighted by molar-refractivity contribution is 7.16. The lowest BCUT2D eigenvalue weighted by Crippen LogP contribution is -2.49. The lowest BCUT2D eigenvalue weighted by molar-refractivity contribution is -0.117. The van der Waals surface area contributed by atoms with Crippen LogP contribution in [0.4, 0.5) is 10.7 Å². The molecule has 8 heteroatoms. The van der Waals surface area contributed by atoms with Gasteiger partial charge < -0.3 is 15.5 Å². The van der Waals surface area contributed by atoms with Crippen molar-refractivity contribution in [1.29, 1.82) is 5.26 Å². The standard InChI is InChI=1S/C27H35N5O2S/c1-19-7-6-9-23(20(19)2)29-26(34)18-32-15-13-31(14-16-32)12-11-25(33)30-27-22(17-28)21-8-4-3-5-10-24(21)35-27/h6-7,9H,3-5,8,10-16,18H2,1-2H3,(H,29,34)(H,30,33). The smallest absolute Gasteiger partial charge is 0.238 e. The Morgan fingerprint density at radius 2 is 1.74 bits per heavy atom. The van der Waals surface area contributed by atoms with Crippen molar-refractivity contribution in [2.24, 2.45) is 0 Å². The van der Waals surface area contributed by atoms with Crippen molar-refractivity contribution in [1.82, 2.24) is 9.80 Å². The molecule has 1 aliphatic carbocycles. The normalized spacial score (nSPS) is 16.7. The molecule has 0 atom stereocenters. The number of hydrogen-bond acceptors (Lipinski definition) is 6. The summed E-state index contributed by atoms with van der Waals surface area (Å²) in [5.41, 5.74) is 4.97. The maximum Gasteiger partial charge on any atom is 0.238 e. The summed E-state index contributed by atoms with van der Waals surface area (Å²) in [6.45, 7) is 8.40. The van der Waals surface area contributed by atoms with Crippen molar-refractivity contribution < 1.29 is 9.59 Å². The number of anilines is 2. The first-order chi connectivity index (χ1) is 16.9. The maximum atomic E-state index is 12.6. The van der Waals surface area contributed by atoms with Gasteiger partial charge in [0.25, 0.3) is 0 Å². The van der Waals surface area contributed by atoms with Gasteiger partial charge in [-0.1, -0.05) is 18.6 Å². The van der Waals surface area contributed by atoms with E-state index in [1.54, 1.807) is 11.3 Å². The van der Waals surface area contributed by atoms with Gasteiger partial charge in [0.1, 0.15) is 11.1 Å². The molecule has 35 heavy (non-hydrogen) atoms. The predicted molar refractivity (Wildman–Crippen MR) is 141 cm³/mol. The quantitative estimate of drug-likeness (QED) is 0.567. The largest absolute Gasteiger partial charge is 0.325 e. The average molecular weight is 494 g/mol. The first-order valence-corrected chi connectivity index (χ1v) is 13.4. The Balaban J connectivity index is 1.20. The molecular formula is C27H35N5O2S. The minimum Gasteiger partial charge on any atom is -0.325 e. The number of carbonyl (C=O) groups is 2. The summed E-state index contributed by atoms with van der Waals surface area (Å²) in [4.78, 5) is 30.9. The third kappa shape index (κ3) is 6.49. The molecule has 7 nitrogen and oxygen atoms in total. The molecule has 0 radical (unpaired) electrons. The number of nitriles is 1. The summed E-state index contributed by atoms with van der Waals surface area (Å²) in [7, 11) is 0. The highest BCUT2D eigenvalue weighted by atomic mass is 32.1. The molecular weight excluding hydrogens is 458 g/mol. The van der Waals surface area contributed by atoms with E-state index in [4.69, 9.17) is 0 Å². The minimum atomic E-state index is -0.0340. The van der Waals surface area contributed by atoms with Crippen molar-refractivity contribution in [3.63, 3.8) is 0 Å². The molecule has 0 bridgehead atoms. The van der Waals surface area contributed by atoms with Crippen LogP contribution in [0.2, 0.25) is 0 Å². The first-order valence-electron chi connectivity index (χ1n) is 12.6. The number of amides is 2. The van der Waals surface area contributed by atoms with Crippen molar-refractivity contribution >= 4 is 33.8 Å². The summed E-state index contributed by atoms with van der Waals surface area (Å²) in [6.07, 6.45) is 5.84. The number of rotatable bonds is 7. The molecule has 2 N–H and O–H groups in total. The Kier molecular flexibility index (Phi) is 8.55. The van der Waals surface area contributed by atoms with Gasteiger partial charge in [0, 0.05) is 49.7 Å².